The van der Waals surface area contributed by atoms with Crippen molar-refractivity contribution in [1.82, 2.24) is 5.43 Å². The van der Waals surface area contributed by atoms with Gasteiger partial charge in [0, 0.05) is 11.4 Å². The summed E-state index contributed by atoms with van der Waals surface area (Å²) in [7, 11) is 0. The van der Waals surface area contributed by atoms with Crippen molar-refractivity contribution in [2.45, 2.75) is 0 Å². The van der Waals surface area contributed by atoms with Crippen LogP contribution in [0.1, 0.15) is 0 Å². The van der Waals surface area contributed by atoms with Crippen molar-refractivity contribution in [1.29, 1.82) is 0 Å². The van der Waals surface area contributed by atoms with Crippen LogP contribution >= 0.6 is 0 Å². The SMILES string of the molecule is C1=c2ccccc2=c2ccccc2=NN1. The molecule has 0 aromatic heterocycles. The van der Waals surface area contributed by atoms with Crippen LogP contribution in [0.25, 0.3) is 6.20 Å². The summed E-state index contributed by atoms with van der Waals surface area (Å²) in [4.78, 5) is 0. The molecule has 0 atom stereocenters. The van der Waals surface area contributed by atoms with Gasteiger partial charge in [0.05, 0.1) is 5.36 Å². The molecule has 72 valence electrons. The van der Waals surface area contributed by atoms with Crippen LogP contribution in [0.2, 0.25) is 0 Å². The minimum Gasteiger partial charge on any atom is -0.285 e. The molecule has 0 aliphatic carbocycles. The van der Waals surface area contributed by atoms with Crippen molar-refractivity contribution in [3.63, 3.8) is 0 Å². The summed E-state index contributed by atoms with van der Waals surface area (Å²) in [5, 5.41) is 8.85. The third-order valence-corrected chi connectivity index (χ3v) is 2.56. The zero-order valence-electron chi connectivity index (χ0n) is 8.14. The van der Waals surface area contributed by atoms with E-state index in [0.717, 1.165) is 5.36 Å². The maximum Gasteiger partial charge on any atom is 0.0911 e. The van der Waals surface area contributed by atoms with Gasteiger partial charge in [-0.1, -0.05) is 42.5 Å². The molecule has 2 aromatic carbocycles. The average molecular weight is 194 g/mol. The molecule has 2 aromatic rings. The fraction of sp³-hybridized carbons (Fsp3) is 0. The number of nitrogens with one attached hydrogen (secondary N) is 1. The van der Waals surface area contributed by atoms with E-state index in [1.54, 1.807) is 0 Å². The fourth-order valence-corrected chi connectivity index (χ4v) is 1.84. The van der Waals surface area contributed by atoms with Gasteiger partial charge in [-0.15, -0.1) is 0 Å². The van der Waals surface area contributed by atoms with Crippen molar-refractivity contribution in [3.05, 3.63) is 69.5 Å². The Hall–Kier alpha value is -2.09. The molecule has 1 heterocycles. The van der Waals surface area contributed by atoms with Crippen molar-refractivity contribution in [2.24, 2.45) is 5.10 Å². The zero-order valence-corrected chi connectivity index (χ0v) is 8.14. The first kappa shape index (κ1) is 8.24. The summed E-state index contributed by atoms with van der Waals surface area (Å²) < 4.78 is 0. The molecule has 1 aliphatic rings. The molecule has 0 spiro atoms. The predicted octanol–water partition coefficient (Wildman–Crippen LogP) is 0.849. The van der Waals surface area contributed by atoms with Gasteiger partial charge in [-0.05, 0) is 16.5 Å². The Morgan fingerprint density at radius 3 is 2.47 bits per heavy atom. The molecule has 3 rings (SSSR count). The largest absolute Gasteiger partial charge is 0.285 e. The molecule has 0 radical (unpaired) electrons. The van der Waals surface area contributed by atoms with Crippen LogP contribution < -0.4 is 16.0 Å². The van der Waals surface area contributed by atoms with E-state index in [2.05, 4.69) is 34.8 Å². The van der Waals surface area contributed by atoms with Gasteiger partial charge in [-0.25, -0.2) is 0 Å². The molecule has 0 saturated carbocycles. The summed E-state index contributed by atoms with van der Waals surface area (Å²) in [6, 6.07) is 16.4. The minimum atomic E-state index is 0.985. The number of benzene rings is 2. The second-order valence-electron chi connectivity index (χ2n) is 3.49. The Balaban J connectivity index is 2.73. The van der Waals surface area contributed by atoms with Gasteiger partial charge in [-0.2, -0.15) is 5.10 Å². The Morgan fingerprint density at radius 2 is 1.53 bits per heavy atom. The first-order chi connectivity index (χ1) is 7.45. The highest BCUT2D eigenvalue weighted by Gasteiger charge is 1.92. The van der Waals surface area contributed by atoms with Gasteiger partial charge in [0.15, 0.2) is 0 Å². The minimum absolute atomic E-state index is 0.985. The van der Waals surface area contributed by atoms with Gasteiger partial charge in [0.2, 0.25) is 0 Å². The lowest BCUT2D eigenvalue weighted by molar-refractivity contribution is 0.963. The second-order valence-corrected chi connectivity index (χ2v) is 3.49. The quantitative estimate of drug-likeness (QED) is 0.660. The van der Waals surface area contributed by atoms with E-state index in [1.807, 2.05) is 30.5 Å². The van der Waals surface area contributed by atoms with Gasteiger partial charge in [0.25, 0.3) is 0 Å². The first-order valence-corrected chi connectivity index (χ1v) is 4.93. The molecule has 0 fully saturated rings. The summed E-state index contributed by atoms with van der Waals surface area (Å²) in [6.07, 6.45) is 1.93. The molecule has 1 N–H and O–H groups in total. The molecule has 2 heteroatoms. The van der Waals surface area contributed by atoms with Crippen LogP contribution in [0, 0.1) is 10.4 Å². The standard InChI is InChI=1S/C13H10N2/c1-2-6-11-10(5-1)9-14-15-13-8-4-3-7-12(11)13/h1-9,14H. The zero-order chi connectivity index (χ0) is 10.1. The van der Waals surface area contributed by atoms with Gasteiger partial charge < -0.3 is 0 Å². The van der Waals surface area contributed by atoms with E-state index >= 15 is 0 Å². The highest BCUT2D eigenvalue weighted by Crippen LogP contribution is 1.90. The highest BCUT2D eigenvalue weighted by atomic mass is 15.3. The summed E-state index contributed by atoms with van der Waals surface area (Å²) >= 11 is 0. The van der Waals surface area contributed by atoms with Gasteiger partial charge in [-0.3, -0.25) is 5.43 Å². The van der Waals surface area contributed by atoms with Crippen LogP contribution in [-0.2, 0) is 0 Å². The maximum absolute atomic E-state index is 4.30. The molecular weight excluding hydrogens is 184 g/mol. The van der Waals surface area contributed by atoms with Crippen LogP contribution in [0.5, 0.6) is 0 Å². The summed E-state index contributed by atoms with van der Waals surface area (Å²) in [6.45, 7) is 0. The normalized spacial score (nSPS) is 12.3. The summed E-state index contributed by atoms with van der Waals surface area (Å²) in [5.41, 5.74) is 2.96. The first-order valence-electron chi connectivity index (χ1n) is 4.93. The molecule has 15 heavy (non-hydrogen) atoms. The predicted molar refractivity (Wildman–Crippen MR) is 58.9 cm³/mol. The van der Waals surface area contributed by atoms with E-state index in [-0.39, 0.29) is 0 Å². The number of nitrogens with zero attached hydrogens (tertiary/aromatic N) is 1. The number of rotatable bonds is 0. The lowest BCUT2D eigenvalue weighted by atomic mass is 10.2. The molecule has 2 nitrogen and oxygen atoms in total. The Morgan fingerprint density at radius 1 is 0.800 bits per heavy atom. The maximum atomic E-state index is 4.30. The topological polar surface area (TPSA) is 24.4 Å². The molecule has 1 aliphatic heterocycles. The Labute approximate surface area is 86.9 Å². The number of hydrogen-bond donors (Lipinski definition) is 1. The molecular formula is C13H10N2. The third-order valence-electron chi connectivity index (χ3n) is 2.56. The smallest absolute Gasteiger partial charge is 0.0911 e. The third kappa shape index (κ3) is 1.31. The Bertz CT molecular complexity index is 640. The monoisotopic (exact) mass is 194 g/mol. The van der Waals surface area contributed by atoms with Crippen molar-refractivity contribution >= 4 is 6.20 Å². The van der Waals surface area contributed by atoms with Gasteiger partial charge >= 0.3 is 0 Å². The van der Waals surface area contributed by atoms with Gasteiger partial charge in [0.1, 0.15) is 0 Å². The van der Waals surface area contributed by atoms with Crippen LogP contribution in [-0.4, -0.2) is 0 Å². The Kier molecular flexibility index (Phi) is 1.78. The molecule has 0 saturated heterocycles. The molecule has 0 unspecified atom stereocenters. The number of hydrogen-bond acceptors (Lipinski definition) is 2. The number of para-hydroxylation sites is 1. The fourth-order valence-electron chi connectivity index (χ4n) is 1.84. The molecule has 0 bridgehead atoms. The van der Waals surface area contributed by atoms with Crippen LogP contribution in [0.4, 0.5) is 0 Å². The highest BCUT2D eigenvalue weighted by molar-refractivity contribution is 5.26. The second kappa shape index (κ2) is 3.24. The van der Waals surface area contributed by atoms with E-state index in [4.69, 9.17) is 0 Å². The lowest BCUT2D eigenvalue weighted by Crippen LogP contribution is -2.07. The van der Waals surface area contributed by atoms with Crippen molar-refractivity contribution in [3.8, 4) is 0 Å². The van der Waals surface area contributed by atoms with Crippen LogP contribution in [0.15, 0.2) is 53.6 Å². The van der Waals surface area contributed by atoms with E-state index in [9.17, 15) is 0 Å². The van der Waals surface area contributed by atoms with E-state index < -0.39 is 0 Å². The van der Waals surface area contributed by atoms with E-state index in [1.165, 1.54) is 15.7 Å². The van der Waals surface area contributed by atoms with Crippen LogP contribution in [0.3, 0.4) is 0 Å². The summed E-state index contributed by atoms with van der Waals surface area (Å²) in [5.74, 6) is 0. The average Bonchev–Trinajstić information content (AvgIpc) is 2.48. The lowest BCUT2D eigenvalue weighted by Gasteiger charge is -1.88. The van der Waals surface area contributed by atoms with Crippen molar-refractivity contribution < 1.29 is 0 Å². The molecule has 0 amide bonds. The number of fused-ring (bicyclic) bond motifs is 2. The van der Waals surface area contributed by atoms with Crippen molar-refractivity contribution in [2.75, 3.05) is 0 Å². The van der Waals surface area contributed by atoms with E-state index in [0.29, 0.717) is 0 Å².